The molecule has 2 aliphatic heterocycles. The van der Waals surface area contributed by atoms with E-state index in [2.05, 4.69) is 25.0 Å². The number of hydrogen-bond acceptors (Lipinski definition) is 5. The van der Waals surface area contributed by atoms with E-state index < -0.39 is 0 Å². The number of fused-ring (bicyclic) bond motifs is 2. The monoisotopic (exact) mass is 373 g/mol. The number of imidazole rings is 1. The zero-order valence-corrected chi connectivity index (χ0v) is 15.3. The van der Waals surface area contributed by atoms with Gasteiger partial charge in [0.1, 0.15) is 11.5 Å². The minimum Gasteiger partial charge on any atom is -0.344 e. The van der Waals surface area contributed by atoms with E-state index in [1.165, 1.54) is 6.07 Å². The van der Waals surface area contributed by atoms with Crippen molar-refractivity contribution in [3.05, 3.63) is 71.8 Å². The molecule has 0 aliphatic carbocycles. The van der Waals surface area contributed by atoms with E-state index in [1.54, 1.807) is 22.7 Å². The van der Waals surface area contributed by atoms with Crippen molar-refractivity contribution in [2.45, 2.75) is 20.4 Å². The van der Waals surface area contributed by atoms with Crippen LogP contribution in [0.3, 0.4) is 0 Å². The van der Waals surface area contributed by atoms with Crippen molar-refractivity contribution >= 4 is 5.78 Å². The molecule has 2 aromatic heterocycles. The third-order valence-corrected chi connectivity index (χ3v) is 4.53. The largest absolute Gasteiger partial charge is 0.344 e. The molecule has 7 nitrogen and oxygen atoms in total. The van der Waals surface area contributed by atoms with Crippen LogP contribution in [0.25, 0.3) is 28.6 Å². The maximum absolute atomic E-state index is 14.0. The van der Waals surface area contributed by atoms with Crippen molar-refractivity contribution in [2.75, 3.05) is 0 Å². The Kier molecular flexibility index (Phi) is 3.65. The fourth-order valence-electron chi connectivity index (χ4n) is 3.25. The summed E-state index contributed by atoms with van der Waals surface area (Å²) in [5.74, 6) is 1.29. The predicted octanol–water partition coefficient (Wildman–Crippen LogP) is 3.29. The first-order chi connectivity index (χ1) is 13.6. The van der Waals surface area contributed by atoms with E-state index >= 15 is 0 Å². The Morgan fingerprint density at radius 1 is 0.964 bits per heavy atom. The van der Waals surface area contributed by atoms with Crippen LogP contribution in [0.5, 0.6) is 0 Å². The molecule has 3 aromatic rings. The number of halogens is 1. The molecule has 0 atom stereocenters. The lowest BCUT2D eigenvalue weighted by atomic mass is 10.2. The zero-order chi connectivity index (χ0) is 19.3. The lowest BCUT2D eigenvalue weighted by Gasteiger charge is -2.04. The summed E-state index contributed by atoms with van der Waals surface area (Å²) in [6.45, 7) is 4.38. The molecule has 0 radical (unpaired) electrons. The number of benzene rings is 1. The van der Waals surface area contributed by atoms with Gasteiger partial charge in [0.05, 0.1) is 17.8 Å². The molecule has 28 heavy (non-hydrogen) atoms. The first-order valence-electron chi connectivity index (χ1n) is 8.85. The predicted molar refractivity (Wildman–Crippen MR) is 101 cm³/mol. The van der Waals surface area contributed by atoms with Crippen LogP contribution in [0.15, 0.2) is 48.8 Å². The van der Waals surface area contributed by atoms with Gasteiger partial charge in [0, 0.05) is 23.8 Å². The van der Waals surface area contributed by atoms with Gasteiger partial charge in [0.25, 0.3) is 5.78 Å². The van der Waals surface area contributed by atoms with Crippen LogP contribution in [0, 0.1) is 19.7 Å². The molecular weight excluding hydrogens is 357 g/mol. The molecule has 0 saturated carbocycles. The number of nitrogens with zero attached hydrogens (tertiary/aromatic N) is 7. The number of aryl methyl sites for hydroxylation is 2. The van der Waals surface area contributed by atoms with Gasteiger partial charge in [-0.05, 0) is 38.1 Å². The average Bonchev–Trinajstić information content (AvgIpc) is 3.25. The molecule has 5 rings (SSSR count). The van der Waals surface area contributed by atoms with E-state index in [-0.39, 0.29) is 5.82 Å². The second-order valence-corrected chi connectivity index (χ2v) is 6.69. The molecule has 0 unspecified atom stereocenters. The Morgan fingerprint density at radius 3 is 2.64 bits per heavy atom. The van der Waals surface area contributed by atoms with Crippen molar-refractivity contribution in [1.29, 1.82) is 0 Å². The summed E-state index contributed by atoms with van der Waals surface area (Å²) in [7, 11) is 0. The fraction of sp³-hybridized carbons (Fsp3) is 0.150. The molecule has 138 valence electrons. The van der Waals surface area contributed by atoms with Gasteiger partial charge in [-0.15, -0.1) is 5.10 Å². The smallest absolute Gasteiger partial charge is 0.252 e. The van der Waals surface area contributed by atoms with Gasteiger partial charge < -0.3 is 4.57 Å². The Bertz CT molecular complexity index is 1290. The molecule has 0 N–H and O–H groups in total. The van der Waals surface area contributed by atoms with Gasteiger partial charge in [-0.25, -0.2) is 23.9 Å². The Morgan fingerprint density at radius 2 is 1.79 bits per heavy atom. The van der Waals surface area contributed by atoms with Crippen LogP contribution in [0.1, 0.15) is 17.2 Å². The number of pyridine rings is 1. The summed E-state index contributed by atoms with van der Waals surface area (Å²) in [6, 6.07) is 10.3. The van der Waals surface area contributed by atoms with Crippen molar-refractivity contribution in [2.24, 2.45) is 0 Å². The number of aromatic nitrogens is 7. The summed E-state index contributed by atoms with van der Waals surface area (Å²) in [4.78, 5) is 17.8. The van der Waals surface area contributed by atoms with Crippen LogP contribution in [-0.4, -0.2) is 34.1 Å². The van der Waals surface area contributed by atoms with Crippen molar-refractivity contribution in [3.8, 4) is 22.8 Å². The Labute approximate surface area is 159 Å². The minimum atomic E-state index is -0.335. The topological polar surface area (TPSA) is 73.8 Å². The third-order valence-electron chi connectivity index (χ3n) is 4.53. The molecule has 0 amide bonds. The first kappa shape index (κ1) is 16.5. The van der Waals surface area contributed by atoms with Crippen LogP contribution in [0.2, 0.25) is 0 Å². The quantitative estimate of drug-likeness (QED) is 0.485. The second-order valence-electron chi connectivity index (χ2n) is 6.69. The highest BCUT2D eigenvalue weighted by atomic mass is 19.1. The number of rotatable bonds is 3. The van der Waals surface area contributed by atoms with Crippen LogP contribution < -0.4 is 0 Å². The molecule has 0 fully saturated rings. The molecule has 0 saturated heterocycles. The van der Waals surface area contributed by atoms with Crippen molar-refractivity contribution in [1.82, 2.24) is 34.1 Å². The second kappa shape index (κ2) is 6.19. The van der Waals surface area contributed by atoms with Crippen LogP contribution in [0.4, 0.5) is 4.39 Å². The zero-order valence-electron chi connectivity index (χ0n) is 15.3. The standard InChI is InChI=1S/C20H16FN7/c1-12-9-13(2)28-20(22-12)25-18(26-28)11-27-8-7-16-17(10-27)24-19(23-16)14-5-3-4-6-15(14)21/h3-10H,11H2,1-2H3. The summed E-state index contributed by atoms with van der Waals surface area (Å²) in [5.41, 5.74) is 3.69. The highest BCUT2D eigenvalue weighted by molar-refractivity contribution is 5.65. The summed E-state index contributed by atoms with van der Waals surface area (Å²) < 4.78 is 17.7. The van der Waals surface area contributed by atoms with E-state index in [9.17, 15) is 4.39 Å². The van der Waals surface area contributed by atoms with E-state index in [0.29, 0.717) is 40.9 Å². The summed E-state index contributed by atoms with van der Waals surface area (Å²) >= 11 is 0. The van der Waals surface area contributed by atoms with Crippen molar-refractivity contribution < 1.29 is 4.39 Å². The van der Waals surface area contributed by atoms with E-state index in [1.807, 2.05) is 42.9 Å². The van der Waals surface area contributed by atoms with Gasteiger partial charge in [0.15, 0.2) is 11.6 Å². The molecule has 1 aromatic carbocycles. The first-order valence-corrected chi connectivity index (χ1v) is 8.85. The maximum Gasteiger partial charge on any atom is 0.252 e. The maximum atomic E-state index is 14.0. The number of hydrogen-bond donors (Lipinski definition) is 0. The van der Waals surface area contributed by atoms with Gasteiger partial charge in [-0.3, -0.25) is 0 Å². The molecule has 0 spiro atoms. The molecule has 8 heteroatoms. The Hall–Kier alpha value is -3.68. The highest BCUT2D eigenvalue weighted by Crippen LogP contribution is 2.26. The minimum absolute atomic E-state index is 0.335. The lowest BCUT2D eigenvalue weighted by molar-refractivity contribution is 0.630. The normalized spacial score (nSPS) is 11.5. The SMILES string of the molecule is Cc1cc(C)n2nc(Cn3ccc4nc(-c5ccccc5F)nc-4c3)nc2n1. The average molecular weight is 373 g/mol. The van der Waals surface area contributed by atoms with Gasteiger partial charge in [-0.2, -0.15) is 4.98 Å². The van der Waals surface area contributed by atoms with E-state index in [0.717, 1.165) is 11.4 Å². The van der Waals surface area contributed by atoms with Crippen LogP contribution >= 0.6 is 0 Å². The molecular formula is C20H16FN7. The Balaban J connectivity index is 1.50. The summed E-state index contributed by atoms with van der Waals surface area (Å²) in [6.07, 6.45) is 3.75. The van der Waals surface area contributed by atoms with Crippen molar-refractivity contribution in [3.63, 3.8) is 0 Å². The van der Waals surface area contributed by atoms with Gasteiger partial charge in [0.2, 0.25) is 0 Å². The molecule has 4 heterocycles. The lowest BCUT2D eigenvalue weighted by Crippen LogP contribution is -2.03. The fourth-order valence-corrected chi connectivity index (χ4v) is 3.25. The molecule has 0 bridgehead atoms. The van der Waals surface area contributed by atoms with Gasteiger partial charge >= 0.3 is 0 Å². The van der Waals surface area contributed by atoms with Crippen LogP contribution in [-0.2, 0) is 6.54 Å². The molecule has 2 aliphatic rings. The van der Waals surface area contributed by atoms with E-state index in [4.69, 9.17) is 0 Å². The third kappa shape index (κ3) is 2.79. The summed E-state index contributed by atoms with van der Waals surface area (Å²) in [5, 5.41) is 4.53. The highest BCUT2D eigenvalue weighted by Gasteiger charge is 2.16. The van der Waals surface area contributed by atoms with Gasteiger partial charge in [-0.1, -0.05) is 12.1 Å².